The number of ether oxygens (including phenoxy) is 3. The van der Waals surface area contributed by atoms with E-state index in [2.05, 4.69) is 5.32 Å². The summed E-state index contributed by atoms with van der Waals surface area (Å²) >= 11 is 0. The van der Waals surface area contributed by atoms with Gasteiger partial charge < -0.3 is 29.3 Å². The van der Waals surface area contributed by atoms with Gasteiger partial charge in [-0.25, -0.2) is 9.59 Å². The lowest BCUT2D eigenvalue weighted by Crippen LogP contribution is -2.59. The Labute approximate surface area is 166 Å². The average Bonchev–Trinajstić information content (AvgIpc) is 2.67. The zero-order valence-corrected chi connectivity index (χ0v) is 17.2. The number of amides is 3. The smallest absolute Gasteiger partial charge is 0.407 e. The highest BCUT2D eigenvalue weighted by Crippen LogP contribution is 2.12. The lowest BCUT2D eigenvalue weighted by Gasteiger charge is -2.40. The summed E-state index contributed by atoms with van der Waals surface area (Å²) in [6.45, 7) is 9.79. The third kappa shape index (κ3) is 6.52. The quantitative estimate of drug-likeness (QED) is 0.669. The molecule has 2 saturated heterocycles. The van der Waals surface area contributed by atoms with Gasteiger partial charge in [0.1, 0.15) is 11.6 Å². The van der Waals surface area contributed by atoms with Gasteiger partial charge in [0, 0.05) is 45.8 Å². The van der Waals surface area contributed by atoms with E-state index in [0.717, 1.165) is 0 Å². The molecular formula is C18H32N4O6. The van der Waals surface area contributed by atoms with Gasteiger partial charge in [-0.15, -0.1) is 0 Å². The second-order valence-electron chi connectivity index (χ2n) is 7.83. The normalized spacial score (nSPS) is 19.7. The van der Waals surface area contributed by atoms with Gasteiger partial charge in [0.25, 0.3) is 0 Å². The Morgan fingerprint density at radius 1 is 1.00 bits per heavy atom. The molecule has 0 aromatic rings. The molecule has 0 aromatic heterocycles. The topological polar surface area (TPSA) is 101 Å². The van der Waals surface area contributed by atoms with Gasteiger partial charge in [0.05, 0.1) is 20.3 Å². The first-order valence-electron chi connectivity index (χ1n) is 9.61. The van der Waals surface area contributed by atoms with E-state index in [1.165, 1.54) is 7.11 Å². The van der Waals surface area contributed by atoms with Crippen molar-refractivity contribution < 1.29 is 28.6 Å². The Morgan fingerprint density at radius 3 is 2.11 bits per heavy atom. The molecule has 1 N–H and O–H groups in total. The molecule has 10 heteroatoms. The number of carbonyl (C=O) groups excluding carboxylic acids is 3. The third-order valence-corrected chi connectivity index (χ3v) is 4.62. The Bertz CT molecular complexity index is 551. The molecule has 160 valence electrons. The number of piperazine rings is 1. The molecule has 0 unspecified atom stereocenters. The molecule has 2 aliphatic heterocycles. The van der Waals surface area contributed by atoms with Crippen molar-refractivity contribution in [1.82, 2.24) is 20.0 Å². The molecular weight excluding hydrogens is 368 g/mol. The molecule has 2 fully saturated rings. The van der Waals surface area contributed by atoms with Crippen LogP contribution in [0, 0.1) is 0 Å². The molecule has 10 nitrogen and oxygen atoms in total. The van der Waals surface area contributed by atoms with Crippen molar-refractivity contribution >= 4 is 18.1 Å². The number of urea groups is 1. The number of methoxy groups -OCH3 is 1. The van der Waals surface area contributed by atoms with Gasteiger partial charge in [-0.1, -0.05) is 0 Å². The molecule has 0 bridgehead atoms. The van der Waals surface area contributed by atoms with E-state index < -0.39 is 23.7 Å². The van der Waals surface area contributed by atoms with Gasteiger partial charge in [-0.2, -0.15) is 0 Å². The monoisotopic (exact) mass is 400 g/mol. The standard InChI is InChI=1S/C18H32N4O6/c1-18(2,3)28-16(24)19-13-14(15(23)26-4)20-5-7-21(8-6-20)17(25)22-9-11-27-12-10-22/h14H,5-13H2,1-4H3,(H,19,24)/t14-/m0/s1. The number of nitrogens with zero attached hydrogens (tertiary/aromatic N) is 3. The summed E-state index contributed by atoms with van der Waals surface area (Å²) in [5, 5.41) is 2.63. The number of esters is 1. The van der Waals surface area contributed by atoms with E-state index >= 15 is 0 Å². The maximum atomic E-state index is 12.6. The van der Waals surface area contributed by atoms with Crippen molar-refractivity contribution in [1.29, 1.82) is 0 Å². The van der Waals surface area contributed by atoms with E-state index in [-0.39, 0.29) is 12.6 Å². The Hall–Kier alpha value is -2.07. The third-order valence-electron chi connectivity index (χ3n) is 4.62. The molecule has 2 heterocycles. The van der Waals surface area contributed by atoms with Crippen molar-refractivity contribution in [3.63, 3.8) is 0 Å². The van der Waals surface area contributed by atoms with Crippen LogP contribution >= 0.6 is 0 Å². The Balaban J connectivity index is 1.87. The maximum Gasteiger partial charge on any atom is 0.407 e. The molecule has 0 aromatic carbocycles. The van der Waals surface area contributed by atoms with Crippen molar-refractivity contribution in [2.45, 2.75) is 32.4 Å². The molecule has 2 aliphatic rings. The molecule has 1 atom stereocenters. The lowest BCUT2D eigenvalue weighted by atomic mass is 10.2. The first-order valence-corrected chi connectivity index (χ1v) is 9.61. The minimum Gasteiger partial charge on any atom is -0.468 e. The van der Waals surface area contributed by atoms with Crippen molar-refractivity contribution in [3.8, 4) is 0 Å². The van der Waals surface area contributed by atoms with Crippen LogP contribution in [0.15, 0.2) is 0 Å². The first-order chi connectivity index (χ1) is 13.2. The maximum absolute atomic E-state index is 12.6. The molecule has 0 aliphatic carbocycles. The number of alkyl carbamates (subject to hydrolysis) is 1. The second-order valence-corrected chi connectivity index (χ2v) is 7.83. The largest absolute Gasteiger partial charge is 0.468 e. The number of nitrogens with one attached hydrogen (secondary N) is 1. The lowest BCUT2D eigenvalue weighted by molar-refractivity contribution is -0.147. The number of hydrogen-bond acceptors (Lipinski definition) is 7. The fourth-order valence-corrected chi connectivity index (χ4v) is 3.17. The van der Waals surface area contributed by atoms with Crippen molar-refractivity contribution in [3.05, 3.63) is 0 Å². The summed E-state index contributed by atoms with van der Waals surface area (Å²) in [5.41, 5.74) is -0.615. The zero-order chi connectivity index (χ0) is 20.7. The van der Waals surface area contributed by atoms with Gasteiger partial charge in [0.15, 0.2) is 0 Å². The Morgan fingerprint density at radius 2 is 1.57 bits per heavy atom. The van der Waals surface area contributed by atoms with E-state index in [1.54, 1.807) is 30.6 Å². The van der Waals surface area contributed by atoms with Crippen molar-refractivity contribution in [2.75, 3.05) is 66.1 Å². The second kappa shape index (κ2) is 9.92. The summed E-state index contributed by atoms with van der Waals surface area (Å²) in [4.78, 5) is 42.2. The fourth-order valence-electron chi connectivity index (χ4n) is 3.17. The van der Waals surface area contributed by atoms with Crippen LogP contribution in [0.4, 0.5) is 9.59 Å². The molecule has 0 saturated carbocycles. The predicted octanol–water partition coefficient (Wildman–Crippen LogP) is 0.123. The molecule has 0 spiro atoms. The number of rotatable bonds is 4. The van der Waals surface area contributed by atoms with Crippen LogP contribution in [0.3, 0.4) is 0 Å². The first kappa shape index (κ1) is 22.2. The van der Waals surface area contributed by atoms with E-state index in [0.29, 0.717) is 52.5 Å². The summed E-state index contributed by atoms with van der Waals surface area (Å²) in [7, 11) is 1.32. The summed E-state index contributed by atoms with van der Waals surface area (Å²) in [6, 6.07) is -0.623. The number of morpholine rings is 1. The molecule has 0 radical (unpaired) electrons. The SMILES string of the molecule is COC(=O)[C@H](CNC(=O)OC(C)(C)C)N1CCN(C(=O)N2CCOCC2)CC1. The van der Waals surface area contributed by atoms with E-state index in [1.807, 2.05) is 4.90 Å². The van der Waals surface area contributed by atoms with E-state index in [4.69, 9.17) is 14.2 Å². The van der Waals surface area contributed by atoms with Gasteiger partial charge in [-0.05, 0) is 20.8 Å². The van der Waals surface area contributed by atoms with Crippen LogP contribution in [-0.4, -0.2) is 111 Å². The number of hydrogen-bond donors (Lipinski definition) is 1. The van der Waals surface area contributed by atoms with Crippen LogP contribution in [-0.2, 0) is 19.0 Å². The van der Waals surface area contributed by atoms with Crippen LogP contribution < -0.4 is 5.32 Å². The van der Waals surface area contributed by atoms with Gasteiger partial charge in [-0.3, -0.25) is 9.69 Å². The minimum absolute atomic E-state index is 0.00412. The highest BCUT2D eigenvalue weighted by molar-refractivity contribution is 5.77. The highest BCUT2D eigenvalue weighted by atomic mass is 16.6. The fraction of sp³-hybridized carbons (Fsp3) is 0.833. The van der Waals surface area contributed by atoms with Crippen LogP contribution in [0.5, 0.6) is 0 Å². The predicted molar refractivity (Wildman–Crippen MR) is 101 cm³/mol. The highest BCUT2D eigenvalue weighted by Gasteiger charge is 2.33. The van der Waals surface area contributed by atoms with Crippen LogP contribution in [0.1, 0.15) is 20.8 Å². The Kier molecular flexibility index (Phi) is 7.88. The average molecular weight is 400 g/mol. The molecule has 3 amide bonds. The van der Waals surface area contributed by atoms with Gasteiger partial charge in [0.2, 0.25) is 0 Å². The minimum atomic E-state index is -0.627. The summed E-state index contributed by atoms with van der Waals surface area (Å²) in [5.74, 6) is -0.427. The zero-order valence-electron chi connectivity index (χ0n) is 17.2. The van der Waals surface area contributed by atoms with Crippen LogP contribution in [0.2, 0.25) is 0 Å². The summed E-state index contributed by atoms with van der Waals surface area (Å²) in [6.07, 6.45) is -0.581. The van der Waals surface area contributed by atoms with Gasteiger partial charge >= 0.3 is 18.1 Å². The van der Waals surface area contributed by atoms with Crippen LogP contribution in [0.25, 0.3) is 0 Å². The molecule has 2 rings (SSSR count). The van der Waals surface area contributed by atoms with E-state index in [9.17, 15) is 14.4 Å². The van der Waals surface area contributed by atoms with Crippen molar-refractivity contribution in [2.24, 2.45) is 0 Å². The number of carbonyl (C=O) groups is 3. The summed E-state index contributed by atoms with van der Waals surface area (Å²) < 4.78 is 15.4. The molecule has 28 heavy (non-hydrogen) atoms.